The Labute approximate surface area is 114 Å². The van der Waals surface area contributed by atoms with Crippen molar-refractivity contribution in [3.8, 4) is 0 Å². The van der Waals surface area contributed by atoms with E-state index in [1.54, 1.807) is 0 Å². The third-order valence-corrected chi connectivity index (χ3v) is 5.11. The monoisotopic (exact) mass is 252 g/mol. The van der Waals surface area contributed by atoms with Gasteiger partial charge in [0.15, 0.2) is 0 Å². The van der Waals surface area contributed by atoms with Gasteiger partial charge in [-0.25, -0.2) is 0 Å². The number of nitrogens with zero attached hydrogens (tertiary/aromatic N) is 1. The molecule has 2 nitrogen and oxygen atoms in total. The standard InChI is InChI=1S/C16H32N2/c1-3-10-17-11-8-14(2)18-12-9-15-6-4-5-7-16(15)13-18/h14-17H,3-13H2,1-2H3. The lowest BCUT2D eigenvalue weighted by Crippen LogP contribution is -2.46. The van der Waals surface area contributed by atoms with E-state index in [1.165, 1.54) is 71.1 Å². The molecule has 106 valence electrons. The van der Waals surface area contributed by atoms with Crippen molar-refractivity contribution in [1.82, 2.24) is 10.2 Å². The zero-order chi connectivity index (χ0) is 12.8. The second kappa shape index (κ2) is 7.49. The molecule has 2 fully saturated rings. The highest BCUT2D eigenvalue weighted by molar-refractivity contribution is 4.85. The average molecular weight is 252 g/mol. The van der Waals surface area contributed by atoms with Crippen LogP contribution in [-0.2, 0) is 0 Å². The van der Waals surface area contributed by atoms with Crippen LogP contribution in [0.15, 0.2) is 0 Å². The Hall–Kier alpha value is -0.0800. The molecule has 18 heavy (non-hydrogen) atoms. The highest BCUT2D eigenvalue weighted by Crippen LogP contribution is 2.36. The second-order valence-electron chi connectivity index (χ2n) is 6.48. The van der Waals surface area contributed by atoms with E-state index in [-0.39, 0.29) is 0 Å². The van der Waals surface area contributed by atoms with E-state index in [0.717, 1.165) is 17.9 Å². The molecule has 0 aromatic heterocycles. The highest BCUT2D eigenvalue weighted by atomic mass is 15.2. The maximum atomic E-state index is 3.53. The average Bonchev–Trinajstić information content (AvgIpc) is 2.43. The van der Waals surface area contributed by atoms with Crippen molar-refractivity contribution in [3.05, 3.63) is 0 Å². The van der Waals surface area contributed by atoms with Crippen molar-refractivity contribution in [3.63, 3.8) is 0 Å². The first-order valence-electron chi connectivity index (χ1n) is 8.26. The first-order chi connectivity index (χ1) is 8.81. The predicted molar refractivity (Wildman–Crippen MR) is 78.9 cm³/mol. The van der Waals surface area contributed by atoms with Crippen LogP contribution >= 0.6 is 0 Å². The molecule has 3 atom stereocenters. The zero-order valence-corrected chi connectivity index (χ0v) is 12.5. The Balaban J connectivity index is 1.69. The summed E-state index contributed by atoms with van der Waals surface area (Å²) in [6, 6.07) is 0.775. The van der Waals surface area contributed by atoms with Gasteiger partial charge in [-0.2, -0.15) is 0 Å². The lowest BCUT2D eigenvalue weighted by molar-refractivity contribution is 0.0594. The molecule has 2 heteroatoms. The van der Waals surface area contributed by atoms with E-state index < -0.39 is 0 Å². The summed E-state index contributed by atoms with van der Waals surface area (Å²) in [5.74, 6) is 2.10. The third kappa shape index (κ3) is 3.96. The molecule has 1 saturated carbocycles. The molecular formula is C16H32N2. The Bertz CT molecular complexity index is 229. The van der Waals surface area contributed by atoms with Crippen molar-refractivity contribution in [2.45, 2.75) is 64.8 Å². The molecule has 0 amide bonds. The highest BCUT2D eigenvalue weighted by Gasteiger charge is 2.32. The van der Waals surface area contributed by atoms with Crippen molar-refractivity contribution in [2.75, 3.05) is 26.2 Å². The van der Waals surface area contributed by atoms with Crippen LogP contribution in [0.25, 0.3) is 0 Å². The van der Waals surface area contributed by atoms with Gasteiger partial charge in [0, 0.05) is 12.6 Å². The molecule has 0 radical (unpaired) electrons. The van der Waals surface area contributed by atoms with Crippen molar-refractivity contribution >= 4 is 0 Å². The lowest BCUT2D eigenvalue weighted by Gasteiger charge is -2.43. The maximum Gasteiger partial charge on any atom is 0.00791 e. The summed E-state index contributed by atoms with van der Waals surface area (Å²) >= 11 is 0. The SMILES string of the molecule is CCCNCCC(C)N1CCC2CCCCC2C1. The minimum Gasteiger partial charge on any atom is -0.317 e. The van der Waals surface area contributed by atoms with Crippen LogP contribution in [0.4, 0.5) is 0 Å². The topological polar surface area (TPSA) is 15.3 Å². The summed E-state index contributed by atoms with van der Waals surface area (Å²) in [5.41, 5.74) is 0. The van der Waals surface area contributed by atoms with E-state index in [9.17, 15) is 0 Å². The van der Waals surface area contributed by atoms with E-state index in [1.807, 2.05) is 0 Å². The summed E-state index contributed by atoms with van der Waals surface area (Å²) in [7, 11) is 0. The van der Waals surface area contributed by atoms with Crippen LogP contribution in [0, 0.1) is 11.8 Å². The van der Waals surface area contributed by atoms with Gasteiger partial charge in [-0.1, -0.05) is 26.2 Å². The van der Waals surface area contributed by atoms with Crippen LogP contribution < -0.4 is 5.32 Å². The molecule has 1 N–H and O–H groups in total. The normalized spacial score (nSPS) is 31.0. The maximum absolute atomic E-state index is 3.53. The van der Waals surface area contributed by atoms with E-state index in [4.69, 9.17) is 0 Å². The van der Waals surface area contributed by atoms with Crippen LogP contribution in [0.1, 0.15) is 58.8 Å². The molecule has 2 aliphatic rings. The molecule has 1 aliphatic carbocycles. The van der Waals surface area contributed by atoms with Gasteiger partial charge in [-0.3, -0.25) is 0 Å². The van der Waals surface area contributed by atoms with Gasteiger partial charge >= 0.3 is 0 Å². The summed E-state index contributed by atoms with van der Waals surface area (Å²) in [4.78, 5) is 2.76. The molecule has 2 rings (SSSR count). The van der Waals surface area contributed by atoms with Crippen molar-refractivity contribution in [1.29, 1.82) is 0 Å². The first kappa shape index (κ1) is 14.3. The number of hydrogen-bond acceptors (Lipinski definition) is 2. The van der Waals surface area contributed by atoms with E-state index in [2.05, 4.69) is 24.1 Å². The summed E-state index contributed by atoms with van der Waals surface area (Å²) in [6.45, 7) is 9.79. The molecule has 3 unspecified atom stereocenters. The fourth-order valence-corrected chi connectivity index (χ4v) is 3.82. The number of fused-ring (bicyclic) bond motifs is 1. The van der Waals surface area contributed by atoms with Gasteiger partial charge in [0.25, 0.3) is 0 Å². The largest absolute Gasteiger partial charge is 0.317 e. The van der Waals surface area contributed by atoms with Gasteiger partial charge in [0.05, 0.1) is 0 Å². The number of rotatable bonds is 6. The van der Waals surface area contributed by atoms with Crippen LogP contribution in [-0.4, -0.2) is 37.1 Å². The van der Waals surface area contributed by atoms with Gasteiger partial charge < -0.3 is 10.2 Å². The molecular weight excluding hydrogens is 220 g/mol. The third-order valence-electron chi connectivity index (χ3n) is 5.11. The van der Waals surface area contributed by atoms with Gasteiger partial charge in [-0.15, -0.1) is 0 Å². The second-order valence-corrected chi connectivity index (χ2v) is 6.48. The smallest absolute Gasteiger partial charge is 0.00791 e. The molecule has 1 aliphatic heterocycles. The number of likely N-dealkylation sites (tertiary alicyclic amines) is 1. The first-order valence-corrected chi connectivity index (χ1v) is 8.26. The van der Waals surface area contributed by atoms with Crippen LogP contribution in [0.5, 0.6) is 0 Å². The van der Waals surface area contributed by atoms with E-state index in [0.29, 0.717) is 0 Å². The summed E-state index contributed by atoms with van der Waals surface area (Å²) < 4.78 is 0. The molecule has 0 aromatic carbocycles. The molecule has 1 saturated heterocycles. The van der Waals surface area contributed by atoms with Crippen molar-refractivity contribution in [2.24, 2.45) is 11.8 Å². The Morgan fingerprint density at radius 2 is 1.89 bits per heavy atom. The molecule has 1 heterocycles. The minimum absolute atomic E-state index is 0.775. The van der Waals surface area contributed by atoms with Crippen LogP contribution in [0.3, 0.4) is 0 Å². The van der Waals surface area contributed by atoms with Gasteiger partial charge in [0.2, 0.25) is 0 Å². The van der Waals surface area contributed by atoms with E-state index >= 15 is 0 Å². The minimum atomic E-state index is 0.775. The molecule has 0 spiro atoms. The number of nitrogens with one attached hydrogen (secondary N) is 1. The fourth-order valence-electron chi connectivity index (χ4n) is 3.82. The number of hydrogen-bond donors (Lipinski definition) is 1. The Morgan fingerprint density at radius 1 is 1.11 bits per heavy atom. The summed E-state index contributed by atoms with van der Waals surface area (Å²) in [6.07, 6.45) is 10.0. The van der Waals surface area contributed by atoms with Gasteiger partial charge in [-0.05, 0) is 64.1 Å². The molecule has 0 bridgehead atoms. The fraction of sp³-hybridized carbons (Fsp3) is 1.00. The predicted octanol–water partition coefficient (Wildman–Crippen LogP) is 3.28. The Kier molecular flexibility index (Phi) is 5.97. The molecule has 0 aromatic rings. The van der Waals surface area contributed by atoms with Gasteiger partial charge in [0.1, 0.15) is 0 Å². The van der Waals surface area contributed by atoms with Crippen molar-refractivity contribution < 1.29 is 0 Å². The summed E-state index contributed by atoms with van der Waals surface area (Å²) in [5, 5.41) is 3.53. The van der Waals surface area contributed by atoms with Crippen LogP contribution in [0.2, 0.25) is 0 Å². The Morgan fingerprint density at radius 3 is 2.67 bits per heavy atom. The quantitative estimate of drug-likeness (QED) is 0.730. The number of piperidine rings is 1. The zero-order valence-electron chi connectivity index (χ0n) is 12.5. The lowest BCUT2D eigenvalue weighted by atomic mass is 9.75.